The molecular formula is C9H14N4O5S2. The van der Waals surface area contributed by atoms with Gasteiger partial charge in [-0.05, 0) is 12.8 Å². The number of nitro groups is 1. The Morgan fingerprint density at radius 3 is 2.80 bits per heavy atom. The number of thiophene rings is 1. The summed E-state index contributed by atoms with van der Waals surface area (Å²) in [5, 5.41) is 10.8. The van der Waals surface area contributed by atoms with Gasteiger partial charge in [-0.2, -0.15) is 0 Å². The highest BCUT2D eigenvalue weighted by molar-refractivity contribution is 7.91. The zero-order chi connectivity index (χ0) is 14.8. The monoisotopic (exact) mass is 322 g/mol. The number of hydrazine groups is 1. The maximum Gasteiger partial charge on any atom is 0.306 e. The zero-order valence-corrected chi connectivity index (χ0v) is 12.0. The fraction of sp³-hybridized carbons (Fsp3) is 0.556. The molecule has 0 radical (unpaired) electrons. The molecule has 1 aliphatic heterocycles. The highest BCUT2D eigenvalue weighted by Crippen LogP contribution is 2.36. The number of rotatable bonds is 5. The quantitative estimate of drug-likeness (QED) is 0.405. The molecule has 0 aliphatic carbocycles. The number of anilines is 1. The Hall–Kier alpha value is -1.27. The summed E-state index contributed by atoms with van der Waals surface area (Å²) < 4.78 is 31.8. The number of nitrogens with zero attached hydrogens (tertiary/aromatic N) is 1. The minimum Gasteiger partial charge on any atom is -0.380 e. The molecule has 1 unspecified atom stereocenters. The van der Waals surface area contributed by atoms with Crippen molar-refractivity contribution in [2.24, 2.45) is 5.84 Å². The molecule has 1 atom stereocenters. The first-order valence-corrected chi connectivity index (χ1v) is 8.09. The van der Waals surface area contributed by atoms with Crippen LogP contribution in [0.1, 0.15) is 12.8 Å². The van der Waals surface area contributed by atoms with Gasteiger partial charge in [-0.1, -0.05) is 11.3 Å². The van der Waals surface area contributed by atoms with Crippen LogP contribution in [0.25, 0.3) is 0 Å². The maximum absolute atomic E-state index is 12.2. The van der Waals surface area contributed by atoms with Gasteiger partial charge in [-0.3, -0.25) is 10.1 Å². The molecule has 0 spiro atoms. The highest BCUT2D eigenvalue weighted by Gasteiger charge is 2.28. The van der Waals surface area contributed by atoms with Crippen LogP contribution in [-0.2, 0) is 14.8 Å². The lowest BCUT2D eigenvalue weighted by Crippen LogP contribution is -2.40. The van der Waals surface area contributed by atoms with Crippen molar-refractivity contribution in [2.75, 3.05) is 18.6 Å². The Kier molecular flexibility index (Phi) is 4.55. The highest BCUT2D eigenvalue weighted by atomic mass is 32.2. The number of sulfonamides is 1. The molecule has 1 aliphatic rings. The third kappa shape index (κ3) is 3.24. The third-order valence-electron chi connectivity index (χ3n) is 2.76. The first kappa shape index (κ1) is 15.1. The van der Waals surface area contributed by atoms with Crippen LogP contribution in [0.3, 0.4) is 0 Å². The molecule has 0 bridgehead atoms. The fourth-order valence-corrected chi connectivity index (χ4v) is 4.35. The number of hydrogen-bond donors (Lipinski definition) is 3. The first-order valence-electron chi connectivity index (χ1n) is 5.79. The summed E-state index contributed by atoms with van der Waals surface area (Å²) in [7, 11) is -3.82. The molecular weight excluding hydrogens is 308 g/mol. The average molecular weight is 322 g/mol. The molecule has 0 saturated carbocycles. The number of nitrogen functional groups attached to an aromatic ring is 1. The summed E-state index contributed by atoms with van der Waals surface area (Å²) in [5.74, 6) is 5.15. The summed E-state index contributed by atoms with van der Waals surface area (Å²) in [6.07, 6.45) is 1.45. The fourth-order valence-electron chi connectivity index (χ4n) is 1.84. The molecule has 0 amide bonds. The van der Waals surface area contributed by atoms with Crippen molar-refractivity contribution < 1.29 is 18.1 Å². The predicted octanol–water partition coefficient (Wildman–Crippen LogP) is 0.399. The maximum atomic E-state index is 12.2. The average Bonchev–Trinajstić information content (AvgIpc) is 2.84. The van der Waals surface area contributed by atoms with Crippen molar-refractivity contribution in [3.63, 3.8) is 0 Å². The molecule has 1 aromatic rings. The van der Waals surface area contributed by atoms with Crippen molar-refractivity contribution in [1.82, 2.24) is 4.72 Å². The minimum absolute atomic E-state index is 0.00438. The molecule has 20 heavy (non-hydrogen) atoms. The SMILES string of the molecule is NNc1sc(S(=O)(=O)NC2CCCOC2)cc1[N+](=O)[O-]. The van der Waals surface area contributed by atoms with Gasteiger partial charge in [-0.15, -0.1) is 0 Å². The standard InChI is InChI=1S/C9H14N4O5S2/c10-11-9-7(13(14)15)4-8(19-9)20(16,17)12-6-2-1-3-18-5-6/h4,6,11-12H,1-3,5,10H2. The van der Waals surface area contributed by atoms with E-state index in [9.17, 15) is 18.5 Å². The van der Waals surface area contributed by atoms with Gasteiger partial charge >= 0.3 is 5.69 Å². The topological polar surface area (TPSA) is 137 Å². The van der Waals surface area contributed by atoms with Gasteiger partial charge in [0.2, 0.25) is 0 Å². The van der Waals surface area contributed by atoms with Crippen molar-refractivity contribution >= 4 is 32.0 Å². The molecule has 4 N–H and O–H groups in total. The lowest BCUT2D eigenvalue weighted by molar-refractivity contribution is -0.383. The van der Waals surface area contributed by atoms with E-state index in [1.54, 1.807) is 0 Å². The van der Waals surface area contributed by atoms with Crippen molar-refractivity contribution in [3.8, 4) is 0 Å². The zero-order valence-electron chi connectivity index (χ0n) is 10.4. The van der Waals surface area contributed by atoms with Crippen LogP contribution < -0.4 is 16.0 Å². The molecule has 1 saturated heterocycles. The minimum atomic E-state index is -3.82. The Labute approximate surface area is 119 Å². The second-order valence-corrected chi connectivity index (χ2v) is 7.21. The van der Waals surface area contributed by atoms with E-state index in [2.05, 4.69) is 10.1 Å². The van der Waals surface area contributed by atoms with Crippen molar-refractivity contribution in [1.29, 1.82) is 0 Å². The molecule has 112 valence electrons. The summed E-state index contributed by atoms with van der Waals surface area (Å²) in [4.78, 5) is 10.1. The van der Waals surface area contributed by atoms with Crippen molar-refractivity contribution in [3.05, 3.63) is 16.2 Å². The van der Waals surface area contributed by atoms with Gasteiger partial charge in [0, 0.05) is 18.7 Å². The summed E-state index contributed by atoms with van der Waals surface area (Å²) in [5.41, 5.74) is 1.77. The van der Waals surface area contributed by atoms with E-state index in [1.807, 2.05) is 0 Å². The molecule has 1 aromatic heterocycles. The summed E-state index contributed by atoms with van der Waals surface area (Å²) in [6.45, 7) is 0.915. The van der Waals surface area contributed by atoms with E-state index in [4.69, 9.17) is 10.6 Å². The third-order valence-corrected chi connectivity index (χ3v) is 5.81. The van der Waals surface area contributed by atoms with Crippen LogP contribution in [0.4, 0.5) is 10.7 Å². The van der Waals surface area contributed by atoms with E-state index in [-0.39, 0.29) is 20.9 Å². The second-order valence-electron chi connectivity index (χ2n) is 4.22. The number of hydrogen-bond acceptors (Lipinski definition) is 8. The van der Waals surface area contributed by atoms with Crippen LogP contribution in [0, 0.1) is 10.1 Å². The van der Waals surface area contributed by atoms with Gasteiger partial charge in [0.25, 0.3) is 10.0 Å². The Morgan fingerprint density at radius 1 is 1.55 bits per heavy atom. The number of nitrogens with two attached hydrogens (primary N) is 1. The molecule has 1 fully saturated rings. The lowest BCUT2D eigenvalue weighted by Gasteiger charge is -2.22. The van der Waals surface area contributed by atoms with Crippen LogP contribution in [0.2, 0.25) is 0 Å². The summed E-state index contributed by atoms with van der Waals surface area (Å²) >= 11 is 0.714. The molecule has 0 aromatic carbocycles. The normalized spacial score (nSPS) is 19.8. The lowest BCUT2D eigenvalue weighted by atomic mass is 10.1. The van der Waals surface area contributed by atoms with Crippen LogP contribution >= 0.6 is 11.3 Å². The Morgan fingerprint density at radius 2 is 2.30 bits per heavy atom. The largest absolute Gasteiger partial charge is 0.380 e. The molecule has 11 heteroatoms. The van der Waals surface area contributed by atoms with Gasteiger partial charge < -0.3 is 10.2 Å². The van der Waals surface area contributed by atoms with Crippen LogP contribution in [-0.4, -0.2) is 32.6 Å². The van der Waals surface area contributed by atoms with Crippen LogP contribution in [0.5, 0.6) is 0 Å². The first-order chi connectivity index (χ1) is 9.44. The number of nitrogens with one attached hydrogen (secondary N) is 2. The Balaban J connectivity index is 2.22. The molecule has 2 rings (SSSR count). The van der Waals surface area contributed by atoms with E-state index >= 15 is 0 Å². The van der Waals surface area contributed by atoms with E-state index < -0.39 is 14.9 Å². The second kappa shape index (κ2) is 6.01. The smallest absolute Gasteiger partial charge is 0.306 e. The van der Waals surface area contributed by atoms with E-state index in [0.29, 0.717) is 31.0 Å². The number of ether oxygens (including phenoxy) is 1. The van der Waals surface area contributed by atoms with Crippen LogP contribution in [0.15, 0.2) is 10.3 Å². The predicted molar refractivity (Wildman–Crippen MR) is 72.9 cm³/mol. The summed E-state index contributed by atoms with van der Waals surface area (Å²) in [6, 6.07) is 0.676. The van der Waals surface area contributed by atoms with Gasteiger partial charge in [-0.25, -0.2) is 19.0 Å². The Bertz CT molecular complexity index is 593. The van der Waals surface area contributed by atoms with E-state index in [1.165, 1.54) is 0 Å². The van der Waals surface area contributed by atoms with Crippen molar-refractivity contribution in [2.45, 2.75) is 23.1 Å². The van der Waals surface area contributed by atoms with Gasteiger partial charge in [0.15, 0.2) is 5.00 Å². The van der Waals surface area contributed by atoms with Gasteiger partial charge in [0.1, 0.15) is 4.21 Å². The molecule has 2 heterocycles. The molecule has 9 nitrogen and oxygen atoms in total. The van der Waals surface area contributed by atoms with E-state index in [0.717, 1.165) is 12.5 Å². The van der Waals surface area contributed by atoms with Gasteiger partial charge in [0.05, 0.1) is 11.5 Å².